The van der Waals surface area contributed by atoms with Gasteiger partial charge in [0.1, 0.15) is 23.6 Å². The lowest BCUT2D eigenvalue weighted by Gasteiger charge is -2.12. The molecule has 0 fully saturated rings. The summed E-state index contributed by atoms with van der Waals surface area (Å²) in [6, 6.07) is 3.40. The van der Waals surface area contributed by atoms with Crippen molar-refractivity contribution in [1.29, 1.82) is 0 Å². The van der Waals surface area contributed by atoms with Crippen LogP contribution in [0.2, 0.25) is 0 Å². The van der Waals surface area contributed by atoms with Gasteiger partial charge >= 0.3 is 0 Å². The van der Waals surface area contributed by atoms with E-state index < -0.39 is 28.5 Å². The maximum Gasteiger partial charge on any atom is 0.237 e. The Kier molecular flexibility index (Phi) is 4.33. The molecule has 0 bridgehead atoms. The van der Waals surface area contributed by atoms with Crippen molar-refractivity contribution < 1.29 is 13.6 Å². The van der Waals surface area contributed by atoms with Crippen LogP contribution in [0.1, 0.15) is 6.92 Å². The smallest absolute Gasteiger partial charge is 0.237 e. The second-order valence-corrected chi connectivity index (χ2v) is 5.38. The van der Waals surface area contributed by atoms with Gasteiger partial charge in [-0.25, -0.2) is 8.78 Å². The number of hydrogen-bond acceptors (Lipinski definition) is 4. The molecule has 0 saturated heterocycles. The number of nitrogens with one attached hydrogen (secondary N) is 1. The SMILES string of the molecule is C[C@H](Sc1nncn1C)C(=O)Nc1c(F)cccc1F. The summed E-state index contributed by atoms with van der Waals surface area (Å²) in [4.78, 5) is 11.9. The highest BCUT2D eigenvalue weighted by molar-refractivity contribution is 8.00. The van der Waals surface area contributed by atoms with Crippen molar-refractivity contribution in [3.63, 3.8) is 0 Å². The standard InChI is InChI=1S/C12H12F2N4OS/c1-7(20-12-17-15-6-18(12)2)11(19)16-10-8(13)4-3-5-9(10)14/h3-7H,1-2H3,(H,16,19)/t7-/m0/s1. The number of benzene rings is 1. The third kappa shape index (κ3) is 3.13. The van der Waals surface area contributed by atoms with E-state index in [2.05, 4.69) is 15.5 Å². The van der Waals surface area contributed by atoms with Gasteiger partial charge in [-0.1, -0.05) is 17.8 Å². The minimum atomic E-state index is -0.811. The Morgan fingerprint density at radius 3 is 2.60 bits per heavy atom. The van der Waals surface area contributed by atoms with Gasteiger partial charge in [-0.2, -0.15) is 0 Å². The second-order valence-electron chi connectivity index (χ2n) is 4.07. The molecular weight excluding hydrogens is 286 g/mol. The lowest BCUT2D eigenvalue weighted by molar-refractivity contribution is -0.115. The lowest BCUT2D eigenvalue weighted by Crippen LogP contribution is -2.24. The fourth-order valence-electron chi connectivity index (χ4n) is 1.43. The van der Waals surface area contributed by atoms with Gasteiger partial charge in [0.25, 0.3) is 0 Å². The first-order valence-electron chi connectivity index (χ1n) is 5.74. The summed E-state index contributed by atoms with van der Waals surface area (Å²) in [5.74, 6) is -2.13. The van der Waals surface area contributed by atoms with Crippen LogP contribution in [0.4, 0.5) is 14.5 Å². The predicted molar refractivity (Wildman–Crippen MR) is 71.3 cm³/mol. The summed E-state index contributed by atoms with van der Waals surface area (Å²) in [6.07, 6.45) is 1.50. The number of rotatable bonds is 4. The molecule has 1 aromatic heterocycles. The van der Waals surface area contributed by atoms with Gasteiger partial charge in [-0.3, -0.25) is 4.79 Å². The molecule has 2 aromatic rings. The van der Waals surface area contributed by atoms with E-state index in [0.717, 1.165) is 23.9 Å². The third-order valence-corrected chi connectivity index (χ3v) is 3.68. The van der Waals surface area contributed by atoms with Crippen molar-refractivity contribution in [2.75, 3.05) is 5.32 Å². The average molecular weight is 298 g/mol. The first-order valence-corrected chi connectivity index (χ1v) is 6.62. The molecule has 0 aliphatic carbocycles. The molecule has 20 heavy (non-hydrogen) atoms. The number of anilines is 1. The van der Waals surface area contributed by atoms with Gasteiger partial charge in [0.05, 0.1) is 5.25 Å². The average Bonchev–Trinajstić information content (AvgIpc) is 2.79. The van der Waals surface area contributed by atoms with E-state index in [1.54, 1.807) is 18.5 Å². The zero-order chi connectivity index (χ0) is 14.7. The molecule has 2 rings (SSSR count). The quantitative estimate of drug-likeness (QED) is 0.879. The van der Waals surface area contributed by atoms with Crippen LogP contribution in [0.15, 0.2) is 29.7 Å². The minimum absolute atomic E-state index is 0.442. The van der Waals surface area contributed by atoms with Crippen LogP contribution in [0.5, 0.6) is 0 Å². The summed E-state index contributed by atoms with van der Waals surface area (Å²) in [7, 11) is 1.74. The third-order valence-electron chi connectivity index (χ3n) is 2.53. The van der Waals surface area contributed by atoms with Crippen molar-refractivity contribution in [2.24, 2.45) is 7.05 Å². The first kappa shape index (κ1) is 14.4. The highest BCUT2D eigenvalue weighted by Crippen LogP contribution is 2.23. The number of hydrogen-bond donors (Lipinski definition) is 1. The number of para-hydroxylation sites is 1. The van der Waals surface area contributed by atoms with Gasteiger partial charge in [0.15, 0.2) is 5.16 Å². The molecular formula is C12H12F2N4OS. The van der Waals surface area contributed by atoms with Gasteiger partial charge in [0.2, 0.25) is 5.91 Å². The molecule has 106 valence electrons. The lowest BCUT2D eigenvalue weighted by atomic mass is 10.3. The Labute approximate surface area is 118 Å². The molecule has 1 aromatic carbocycles. The fourth-order valence-corrected chi connectivity index (χ4v) is 2.22. The number of thioether (sulfide) groups is 1. The summed E-state index contributed by atoms with van der Waals surface area (Å²) >= 11 is 1.15. The van der Waals surface area contributed by atoms with Crippen LogP contribution in [0.25, 0.3) is 0 Å². The summed E-state index contributed by atoms with van der Waals surface area (Å²) in [6.45, 7) is 1.62. The van der Waals surface area contributed by atoms with E-state index in [9.17, 15) is 13.6 Å². The Hall–Kier alpha value is -1.96. The molecule has 8 heteroatoms. The largest absolute Gasteiger partial charge is 0.320 e. The normalized spacial score (nSPS) is 12.2. The van der Waals surface area contributed by atoms with Crippen LogP contribution in [-0.2, 0) is 11.8 Å². The van der Waals surface area contributed by atoms with Gasteiger partial charge in [-0.15, -0.1) is 10.2 Å². The molecule has 0 radical (unpaired) electrons. The molecule has 5 nitrogen and oxygen atoms in total. The first-order chi connectivity index (χ1) is 9.49. The van der Waals surface area contributed by atoms with E-state index in [0.29, 0.717) is 5.16 Å². The molecule has 1 heterocycles. The highest BCUT2D eigenvalue weighted by atomic mass is 32.2. The number of halogens is 2. The molecule has 0 aliphatic rings. The van der Waals surface area contributed by atoms with Crippen LogP contribution < -0.4 is 5.32 Å². The monoisotopic (exact) mass is 298 g/mol. The van der Waals surface area contributed by atoms with Gasteiger partial charge in [0, 0.05) is 7.05 Å². The molecule has 1 N–H and O–H groups in total. The number of aromatic nitrogens is 3. The number of carbonyl (C=O) groups excluding carboxylic acids is 1. The van der Waals surface area contributed by atoms with E-state index >= 15 is 0 Å². The molecule has 0 aliphatic heterocycles. The van der Waals surface area contributed by atoms with Crippen LogP contribution in [0, 0.1) is 11.6 Å². The van der Waals surface area contributed by atoms with Crippen molar-refractivity contribution in [3.8, 4) is 0 Å². The van der Waals surface area contributed by atoms with E-state index in [-0.39, 0.29) is 0 Å². The zero-order valence-electron chi connectivity index (χ0n) is 10.8. The number of nitrogens with zero attached hydrogens (tertiary/aromatic N) is 3. The molecule has 0 saturated carbocycles. The Balaban J connectivity index is 2.06. The number of amides is 1. The molecule has 0 spiro atoms. The fraction of sp³-hybridized carbons (Fsp3) is 0.250. The molecule has 1 atom stereocenters. The predicted octanol–water partition coefficient (Wildman–Crippen LogP) is 2.21. The van der Waals surface area contributed by atoms with Gasteiger partial charge in [-0.05, 0) is 19.1 Å². The summed E-state index contributed by atoms with van der Waals surface area (Å²) in [5, 5.41) is 9.73. The number of aryl methyl sites for hydroxylation is 1. The van der Waals surface area contributed by atoms with Crippen molar-refractivity contribution >= 4 is 23.4 Å². The van der Waals surface area contributed by atoms with Crippen molar-refractivity contribution in [2.45, 2.75) is 17.3 Å². The Morgan fingerprint density at radius 2 is 2.05 bits per heavy atom. The maximum atomic E-state index is 13.4. The van der Waals surface area contributed by atoms with E-state index in [4.69, 9.17) is 0 Å². The highest BCUT2D eigenvalue weighted by Gasteiger charge is 2.20. The topological polar surface area (TPSA) is 59.8 Å². The minimum Gasteiger partial charge on any atom is -0.320 e. The van der Waals surface area contributed by atoms with Crippen molar-refractivity contribution in [3.05, 3.63) is 36.2 Å². The maximum absolute atomic E-state index is 13.4. The van der Waals surface area contributed by atoms with Crippen LogP contribution >= 0.6 is 11.8 Å². The van der Waals surface area contributed by atoms with E-state index in [1.807, 2.05) is 0 Å². The van der Waals surface area contributed by atoms with E-state index in [1.165, 1.54) is 12.4 Å². The molecule has 1 amide bonds. The zero-order valence-corrected chi connectivity index (χ0v) is 11.6. The molecule has 0 unspecified atom stereocenters. The van der Waals surface area contributed by atoms with Crippen LogP contribution in [-0.4, -0.2) is 25.9 Å². The van der Waals surface area contributed by atoms with Crippen LogP contribution in [0.3, 0.4) is 0 Å². The van der Waals surface area contributed by atoms with Crippen molar-refractivity contribution in [1.82, 2.24) is 14.8 Å². The summed E-state index contributed by atoms with van der Waals surface area (Å²) < 4.78 is 28.5. The van der Waals surface area contributed by atoms with Gasteiger partial charge < -0.3 is 9.88 Å². The second kappa shape index (κ2) is 6.00. The summed E-state index contributed by atoms with van der Waals surface area (Å²) in [5.41, 5.74) is -0.442. The Morgan fingerprint density at radius 1 is 1.40 bits per heavy atom. The Bertz CT molecular complexity index is 611. The number of carbonyl (C=O) groups is 1.